The van der Waals surface area contributed by atoms with Crippen LogP contribution in [0.4, 0.5) is 4.79 Å². The van der Waals surface area contributed by atoms with E-state index < -0.39 is 11.6 Å². The monoisotopic (exact) mass is 358 g/mol. The smallest absolute Gasteiger partial charge is 0.325 e. The Bertz CT molecular complexity index is 764. The second kappa shape index (κ2) is 7.15. The molecule has 2 aromatic rings. The van der Waals surface area contributed by atoms with Crippen molar-refractivity contribution in [2.75, 3.05) is 13.2 Å². The molecule has 2 aromatic carbocycles. The summed E-state index contributed by atoms with van der Waals surface area (Å²) in [6.07, 6.45) is 0.482. The van der Waals surface area contributed by atoms with Crippen molar-refractivity contribution in [3.05, 3.63) is 65.2 Å². The molecule has 0 spiro atoms. The third-order valence-electron chi connectivity index (χ3n) is 4.37. The summed E-state index contributed by atoms with van der Waals surface area (Å²) in [7, 11) is 0. The van der Waals surface area contributed by atoms with Crippen molar-refractivity contribution in [2.24, 2.45) is 0 Å². The lowest BCUT2D eigenvalue weighted by molar-refractivity contribution is -0.132. The van der Waals surface area contributed by atoms with Crippen LogP contribution in [0.25, 0.3) is 0 Å². The second-order valence-electron chi connectivity index (χ2n) is 5.81. The molecule has 5 nitrogen and oxygen atoms in total. The van der Waals surface area contributed by atoms with Crippen LogP contribution in [0, 0.1) is 0 Å². The van der Waals surface area contributed by atoms with Crippen LogP contribution in [0.3, 0.4) is 0 Å². The molecule has 1 heterocycles. The van der Waals surface area contributed by atoms with E-state index in [1.165, 1.54) is 4.90 Å². The van der Waals surface area contributed by atoms with Gasteiger partial charge in [-0.05, 0) is 36.2 Å². The summed E-state index contributed by atoms with van der Waals surface area (Å²) in [4.78, 5) is 26.5. The molecular formula is C19H19ClN2O3. The fourth-order valence-corrected chi connectivity index (χ4v) is 3.10. The van der Waals surface area contributed by atoms with Crippen LogP contribution in [-0.2, 0) is 10.3 Å². The maximum absolute atomic E-state index is 12.9. The van der Waals surface area contributed by atoms with Crippen molar-refractivity contribution in [2.45, 2.75) is 18.9 Å². The van der Waals surface area contributed by atoms with E-state index in [0.717, 1.165) is 5.56 Å². The lowest BCUT2D eigenvalue weighted by Gasteiger charge is -2.25. The minimum atomic E-state index is -1.00. The minimum Gasteiger partial charge on any atom is -0.492 e. The van der Waals surface area contributed by atoms with Crippen molar-refractivity contribution in [1.29, 1.82) is 0 Å². The summed E-state index contributed by atoms with van der Waals surface area (Å²) in [5, 5.41) is 3.48. The molecule has 0 aliphatic carbocycles. The van der Waals surface area contributed by atoms with Crippen LogP contribution in [0.1, 0.15) is 18.9 Å². The van der Waals surface area contributed by atoms with Crippen molar-refractivity contribution in [3.63, 3.8) is 0 Å². The van der Waals surface area contributed by atoms with Crippen molar-refractivity contribution >= 4 is 23.5 Å². The van der Waals surface area contributed by atoms with E-state index in [1.807, 2.05) is 37.3 Å². The van der Waals surface area contributed by atoms with Crippen molar-refractivity contribution in [1.82, 2.24) is 10.2 Å². The van der Waals surface area contributed by atoms with Crippen molar-refractivity contribution < 1.29 is 14.3 Å². The van der Waals surface area contributed by atoms with Gasteiger partial charge in [-0.15, -0.1) is 0 Å². The number of rotatable bonds is 6. The summed E-state index contributed by atoms with van der Waals surface area (Å²) in [5.74, 6) is 0.396. The van der Waals surface area contributed by atoms with Gasteiger partial charge in [-0.3, -0.25) is 9.69 Å². The highest BCUT2D eigenvalue weighted by molar-refractivity contribution is 6.30. The lowest BCUT2D eigenvalue weighted by atomic mass is 9.87. The number of urea groups is 1. The van der Waals surface area contributed by atoms with E-state index in [4.69, 9.17) is 16.3 Å². The van der Waals surface area contributed by atoms with Crippen LogP contribution in [-0.4, -0.2) is 30.0 Å². The minimum absolute atomic E-state index is 0.182. The van der Waals surface area contributed by atoms with Crippen LogP contribution in [0.2, 0.25) is 5.02 Å². The fraction of sp³-hybridized carbons (Fsp3) is 0.263. The molecule has 6 heteroatoms. The molecule has 1 unspecified atom stereocenters. The fourth-order valence-electron chi connectivity index (χ4n) is 2.98. The summed E-state index contributed by atoms with van der Waals surface area (Å²) in [6, 6.07) is 15.9. The number of ether oxygens (including phenoxy) is 1. The highest BCUT2D eigenvalue weighted by Gasteiger charge is 2.50. The molecule has 1 aliphatic rings. The number of nitrogens with zero attached hydrogens (tertiary/aromatic N) is 1. The molecule has 0 bridgehead atoms. The Hall–Kier alpha value is -2.53. The normalized spacial score (nSPS) is 19.8. The molecule has 1 atom stereocenters. The Balaban J connectivity index is 1.69. The van der Waals surface area contributed by atoms with Gasteiger partial charge in [-0.2, -0.15) is 0 Å². The predicted molar refractivity (Wildman–Crippen MR) is 95.6 cm³/mol. The molecule has 1 fully saturated rings. The Kier molecular flexibility index (Phi) is 4.95. The van der Waals surface area contributed by atoms with Gasteiger partial charge in [0.1, 0.15) is 17.9 Å². The zero-order chi connectivity index (χ0) is 17.9. The van der Waals surface area contributed by atoms with E-state index in [0.29, 0.717) is 17.2 Å². The molecule has 3 amide bonds. The topological polar surface area (TPSA) is 58.6 Å². The number of carbonyl (C=O) groups is 2. The first kappa shape index (κ1) is 17.3. The van der Waals surface area contributed by atoms with Gasteiger partial charge < -0.3 is 10.1 Å². The first-order valence-electron chi connectivity index (χ1n) is 8.15. The Morgan fingerprint density at radius 1 is 1.08 bits per heavy atom. The van der Waals surface area contributed by atoms with Crippen LogP contribution >= 0.6 is 11.6 Å². The number of amides is 3. The standard InChI is InChI=1S/C19H19ClN2O3/c1-2-19(14-6-4-3-5-7-14)17(23)22(18(24)21-19)12-13-25-16-10-8-15(20)9-11-16/h3-11H,2,12-13H2,1H3,(H,21,24). The number of halogens is 1. The number of imide groups is 1. The highest BCUT2D eigenvalue weighted by Crippen LogP contribution is 2.32. The number of carbonyl (C=O) groups excluding carboxylic acids is 2. The van der Waals surface area contributed by atoms with Gasteiger partial charge in [-0.1, -0.05) is 48.9 Å². The quantitative estimate of drug-likeness (QED) is 0.803. The largest absolute Gasteiger partial charge is 0.492 e. The predicted octanol–water partition coefficient (Wildman–Crippen LogP) is 3.58. The first-order chi connectivity index (χ1) is 12.1. The van der Waals surface area contributed by atoms with E-state index in [2.05, 4.69) is 5.32 Å². The van der Waals surface area contributed by atoms with Gasteiger partial charge in [-0.25, -0.2) is 4.79 Å². The van der Waals surface area contributed by atoms with Crippen LogP contribution in [0.5, 0.6) is 5.75 Å². The summed E-state index contributed by atoms with van der Waals surface area (Å²) in [6.45, 7) is 2.29. The average Bonchev–Trinajstić information content (AvgIpc) is 2.89. The summed E-state index contributed by atoms with van der Waals surface area (Å²) < 4.78 is 5.59. The highest BCUT2D eigenvalue weighted by atomic mass is 35.5. The third kappa shape index (κ3) is 3.33. The van der Waals surface area contributed by atoms with Crippen LogP contribution < -0.4 is 10.1 Å². The second-order valence-corrected chi connectivity index (χ2v) is 6.25. The molecule has 1 saturated heterocycles. The maximum Gasteiger partial charge on any atom is 0.325 e. The van der Waals surface area contributed by atoms with E-state index in [-0.39, 0.29) is 19.1 Å². The summed E-state index contributed by atoms with van der Waals surface area (Å²) in [5.41, 5.74) is -0.213. The molecule has 0 radical (unpaired) electrons. The SMILES string of the molecule is CCC1(c2ccccc2)NC(=O)N(CCOc2ccc(Cl)cc2)C1=O. The van der Waals surface area contributed by atoms with E-state index in [9.17, 15) is 9.59 Å². The zero-order valence-electron chi connectivity index (χ0n) is 13.9. The van der Waals surface area contributed by atoms with Gasteiger partial charge in [0.25, 0.3) is 5.91 Å². The number of benzene rings is 2. The first-order valence-corrected chi connectivity index (χ1v) is 8.52. The third-order valence-corrected chi connectivity index (χ3v) is 4.62. The summed E-state index contributed by atoms with van der Waals surface area (Å²) >= 11 is 5.83. The lowest BCUT2D eigenvalue weighted by Crippen LogP contribution is -2.43. The molecule has 3 rings (SSSR count). The van der Waals surface area contributed by atoms with Gasteiger partial charge >= 0.3 is 6.03 Å². The van der Waals surface area contributed by atoms with E-state index in [1.54, 1.807) is 24.3 Å². The van der Waals surface area contributed by atoms with Gasteiger partial charge in [0.05, 0.1) is 6.54 Å². The molecule has 0 saturated carbocycles. The molecule has 130 valence electrons. The van der Waals surface area contributed by atoms with Gasteiger partial charge in [0, 0.05) is 5.02 Å². The molecule has 25 heavy (non-hydrogen) atoms. The molecule has 0 aromatic heterocycles. The van der Waals surface area contributed by atoms with Gasteiger partial charge in [0.2, 0.25) is 0 Å². The number of hydrogen-bond acceptors (Lipinski definition) is 3. The molecule has 1 aliphatic heterocycles. The van der Waals surface area contributed by atoms with Gasteiger partial charge in [0.15, 0.2) is 0 Å². The number of nitrogens with one attached hydrogen (secondary N) is 1. The van der Waals surface area contributed by atoms with Crippen LogP contribution in [0.15, 0.2) is 54.6 Å². The average molecular weight is 359 g/mol. The Morgan fingerprint density at radius 2 is 1.76 bits per heavy atom. The molecular weight excluding hydrogens is 340 g/mol. The zero-order valence-corrected chi connectivity index (χ0v) is 14.6. The van der Waals surface area contributed by atoms with Crippen molar-refractivity contribution in [3.8, 4) is 5.75 Å². The molecule has 1 N–H and O–H groups in total. The Morgan fingerprint density at radius 3 is 2.40 bits per heavy atom. The maximum atomic E-state index is 12.9. The Labute approximate surface area is 151 Å². The number of hydrogen-bond donors (Lipinski definition) is 1. The van der Waals surface area contributed by atoms with E-state index >= 15 is 0 Å².